The molecule has 0 fully saturated rings. The summed E-state index contributed by atoms with van der Waals surface area (Å²) in [4.78, 5) is 17.9. The first-order valence-electron chi connectivity index (χ1n) is 9.92. The van der Waals surface area contributed by atoms with E-state index in [4.69, 9.17) is 9.47 Å². The molecule has 0 saturated heterocycles. The fourth-order valence-electron chi connectivity index (χ4n) is 2.37. The zero-order valence-electron chi connectivity index (χ0n) is 18.3. The molecule has 1 aromatic carbocycles. The van der Waals surface area contributed by atoms with E-state index >= 15 is 0 Å². The second-order valence-corrected chi connectivity index (χ2v) is 7.17. The summed E-state index contributed by atoms with van der Waals surface area (Å²) in [6, 6.07) is 5.89. The summed E-state index contributed by atoms with van der Waals surface area (Å²) in [6.45, 7) is 12.2. The molecule has 7 nitrogen and oxygen atoms in total. The van der Waals surface area contributed by atoms with Crippen molar-refractivity contribution < 1.29 is 14.3 Å². The number of nitrogens with zero attached hydrogens (tertiary/aromatic N) is 2. The summed E-state index contributed by atoms with van der Waals surface area (Å²) in [6.07, 6.45) is 0. The smallest absolute Gasteiger partial charge is 0.243 e. The summed E-state index contributed by atoms with van der Waals surface area (Å²) < 4.78 is 11.4. The van der Waals surface area contributed by atoms with Crippen LogP contribution in [0.2, 0.25) is 0 Å². The fraction of sp³-hybridized carbons (Fsp3) is 0.619. The van der Waals surface area contributed by atoms with E-state index in [-0.39, 0.29) is 18.5 Å². The molecule has 28 heavy (non-hydrogen) atoms. The number of ether oxygens (including phenoxy) is 2. The van der Waals surface area contributed by atoms with Gasteiger partial charge in [0.15, 0.2) is 17.5 Å². The van der Waals surface area contributed by atoms with Crippen LogP contribution in [-0.2, 0) is 4.79 Å². The second-order valence-electron chi connectivity index (χ2n) is 7.17. The Morgan fingerprint density at radius 2 is 1.75 bits per heavy atom. The first kappa shape index (κ1) is 23.6. The quantitative estimate of drug-likeness (QED) is 0.473. The standard InChI is InChI=1S/C21H36N4O3/c1-8-27-18-11-10-17(12-19(18)28-9-2)16(5)24-21(22-13-15(3)4)23-14-20(26)25(6)7/h10-12,15-16H,8-9,13-14H2,1-7H3,(H2,22,23,24). The highest BCUT2D eigenvalue weighted by atomic mass is 16.5. The van der Waals surface area contributed by atoms with Crippen molar-refractivity contribution in [2.45, 2.75) is 40.7 Å². The number of hydrogen-bond acceptors (Lipinski definition) is 4. The molecule has 1 unspecified atom stereocenters. The molecule has 1 atom stereocenters. The second kappa shape index (κ2) is 12.1. The summed E-state index contributed by atoms with van der Waals surface area (Å²) >= 11 is 0. The van der Waals surface area contributed by atoms with Gasteiger partial charge in [-0.15, -0.1) is 0 Å². The molecular formula is C21H36N4O3. The number of benzene rings is 1. The van der Waals surface area contributed by atoms with Crippen molar-refractivity contribution in [1.29, 1.82) is 0 Å². The number of nitrogens with one attached hydrogen (secondary N) is 2. The van der Waals surface area contributed by atoms with Gasteiger partial charge in [-0.3, -0.25) is 4.79 Å². The fourth-order valence-corrected chi connectivity index (χ4v) is 2.37. The Morgan fingerprint density at radius 1 is 1.11 bits per heavy atom. The van der Waals surface area contributed by atoms with E-state index in [1.165, 1.54) is 4.90 Å². The molecule has 2 N–H and O–H groups in total. The summed E-state index contributed by atoms with van der Waals surface area (Å²) in [5, 5.41) is 6.67. The lowest BCUT2D eigenvalue weighted by molar-refractivity contribution is -0.127. The molecule has 1 rings (SSSR count). The Labute approximate surface area is 169 Å². The number of aliphatic imine (C=N–C) groups is 1. The van der Waals surface area contributed by atoms with Gasteiger partial charge in [0.05, 0.1) is 19.3 Å². The van der Waals surface area contributed by atoms with E-state index in [1.54, 1.807) is 14.1 Å². The lowest BCUT2D eigenvalue weighted by Gasteiger charge is -2.21. The number of carbonyl (C=O) groups excluding carboxylic acids is 1. The predicted molar refractivity (Wildman–Crippen MR) is 114 cm³/mol. The van der Waals surface area contributed by atoms with Gasteiger partial charge in [-0.2, -0.15) is 0 Å². The van der Waals surface area contributed by atoms with E-state index in [0.717, 1.165) is 23.6 Å². The third-order valence-electron chi connectivity index (χ3n) is 3.97. The average molecular weight is 393 g/mol. The van der Waals surface area contributed by atoms with Gasteiger partial charge in [-0.1, -0.05) is 19.9 Å². The van der Waals surface area contributed by atoms with Gasteiger partial charge in [-0.25, -0.2) is 4.99 Å². The number of hydrogen-bond donors (Lipinski definition) is 2. The van der Waals surface area contributed by atoms with Crippen LogP contribution >= 0.6 is 0 Å². The van der Waals surface area contributed by atoms with Crippen LogP contribution in [0.1, 0.15) is 46.2 Å². The minimum Gasteiger partial charge on any atom is -0.490 e. The predicted octanol–water partition coefficient (Wildman–Crippen LogP) is 2.82. The average Bonchev–Trinajstić information content (AvgIpc) is 2.65. The number of likely N-dealkylation sites (N-methyl/N-ethyl adjacent to an activating group) is 1. The maximum Gasteiger partial charge on any atom is 0.243 e. The molecule has 0 radical (unpaired) electrons. The van der Waals surface area contributed by atoms with Crippen LogP contribution in [0.15, 0.2) is 23.2 Å². The summed E-state index contributed by atoms with van der Waals surface area (Å²) in [7, 11) is 3.45. The molecule has 0 aromatic heterocycles. The highest BCUT2D eigenvalue weighted by molar-refractivity contribution is 5.85. The SMILES string of the molecule is CCOc1ccc(C(C)NC(=NCC(=O)N(C)C)NCC(C)C)cc1OCC. The molecule has 1 aromatic rings. The van der Waals surface area contributed by atoms with Crippen LogP contribution in [-0.4, -0.2) is 57.2 Å². The molecular weight excluding hydrogens is 356 g/mol. The van der Waals surface area contributed by atoms with Crippen LogP contribution < -0.4 is 20.1 Å². The van der Waals surface area contributed by atoms with Gasteiger partial charge < -0.3 is 25.0 Å². The highest BCUT2D eigenvalue weighted by Gasteiger charge is 2.13. The maximum absolute atomic E-state index is 11.9. The van der Waals surface area contributed by atoms with Crippen LogP contribution in [0, 0.1) is 5.92 Å². The van der Waals surface area contributed by atoms with Gasteiger partial charge in [0.25, 0.3) is 0 Å². The lowest BCUT2D eigenvalue weighted by Crippen LogP contribution is -2.41. The molecule has 158 valence electrons. The first-order chi connectivity index (χ1) is 13.3. The summed E-state index contributed by atoms with van der Waals surface area (Å²) in [5.41, 5.74) is 1.05. The Hall–Kier alpha value is -2.44. The molecule has 0 aliphatic heterocycles. The van der Waals surface area contributed by atoms with Crippen LogP contribution in [0.3, 0.4) is 0 Å². The largest absolute Gasteiger partial charge is 0.490 e. The highest BCUT2D eigenvalue weighted by Crippen LogP contribution is 2.30. The van der Waals surface area contributed by atoms with Crippen LogP contribution in [0.25, 0.3) is 0 Å². The number of amides is 1. The van der Waals surface area contributed by atoms with Gasteiger partial charge in [-0.05, 0) is 44.4 Å². The molecule has 7 heteroatoms. The Morgan fingerprint density at radius 3 is 2.32 bits per heavy atom. The number of rotatable bonds is 10. The minimum atomic E-state index is -0.0435. The Kier molecular flexibility index (Phi) is 10.2. The van der Waals surface area contributed by atoms with Crippen molar-refractivity contribution in [2.75, 3.05) is 40.4 Å². The maximum atomic E-state index is 11.9. The van der Waals surface area contributed by atoms with Crippen molar-refractivity contribution in [3.05, 3.63) is 23.8 Å². The van der Waals surface area contributed by atoms with E-state index in [2.05, 4.69) is 29.5 Å². The van der Waals surface area contributed by atoms with Crippen molar-refractivity contribution in [1.82, 2.24) is 15.5 Å². The normalized spacial score (nSPS) is 12.5. The number of guanidine groups is 1. The minimum absolute atomic E-state index is 0.0252. The topological polar surface area (TPSA) is 75.2 Å². The molecule has 0 aliphatic carbocycles. The first-order valence-corrected chi connectivity index (χ1v) is 9.92. The summed E-state index contributed by atoms with van der Waals surface area (Å²) in [5.74, 6) is 2.50. The molecule has 0 aliphatic rings. The van der Waals surface area contributed by atoms with Crippen molar-refractivity contribution in [3.63, 3.8) is 0 Å². The molecule has 0 heterocycles. The molecule has 0 spiro atoms. The van der Waals surface area contributed by atoms with E-state index in [9.17, 15) is 4.79 Å². The van der Waals surface area contributed by atoms with E-state index in [0.29, 0.717) is 25.1 Å². The van der Waals surface area contributed by atoms with Crippen LogP contribution in [0.4, 0.5) is 0 Å². The third-order valence-corrected chi connectivity index (χ3v) is 3.97. The van der Waals surface area contributed by atoms with E-state index < -0.39 is 0 Å². The van der Waals surface area contributed by atoms with Crippen LogP contribution in [0.5, 0.6) is 11.5 Å². The molecule has 0 bridgehead atoms. The third kappa shape index (κ3) is 8.06. The van der Waals surface area contributed by atoms with Crippen molar-refractivity contribution in [3.8, 4) is 11.5 Å². The van der Waals surface area contributed by atoms with Gasteiger partial charge >= 0.3 is 0 Å². The van der Waals surface area contributed by atoms with Gasteiger partial charge in [0.1, 0.15) is 6.54 Å². The van der Waals surface area contributed by atoms with Crippen molar-refractivity contribution in [2.24, 2.45) is 10.9 Å². The zero-order chi connectivity index (χ0) is 21.1. The van der Waals surface area contributed by atoms with E-state index in [1.807, 2.05) is 39.0 Å². The Bertz CT molecular complexity index is 645. The van der Waals surface area contributed by atoms with Crippen molar-refractivity contribution >= 4 is 11.9 Å². The monoisotopic (exact) mass is 392 g/mol. The van der Waals surface area contributed by atoms with Gasteiger partial charge in [0, 0.05) is 20.6 Å². The Balaban J connectivity index is 2.95. The zero-order valence-corrected chi connectivity index (χ0v) is 18.3. The lowest BCUT2D eigenvalue weighted by atomic mass is 10.1. The van der Waals surface area contributed by atoms with Gasteiger partial charge in [0.2, 0.25) is 5.91 Å². The molecule has 1 amide bonds. The number of carbonyl (C=O) groups is 1. The molecule has 0 saturated carbocycles.